The molecule has 0 heterocycles. The van der Waals surface area contributed by atoms with Gasteiger partial charge in [0.1, 0.15) is 19.3 Å². The zero-order valence-corrected chi connectivity index (χ0v) is 29.6. The molecule has 4 N–H and O–H groups in total. The molecule has 4 atom stereocenters. The zero-order valence-electron chi connectivity index (χ0n) is 29.6. The molecule has 0 saturated heterocycles. The molecule has 4 rings (SSSR count). The van der Waals surface area contributed by atoms with E-state index in [-0.39, 0.29) is 58.2 Å². The summed E-state index contributed by atoms with van der Waals surface area (Å²) in [4.78, 5) is 52.4. The van der Waals surface area contributed by atoms with Crippen molar-refractivity contribution in [2.75, 3.05) is 26.4 Å². The molecule has 0 unspecified atom stereocenters. The summed E-state index contributed by atoms with van der Waals surface area (Å²) in [6.07, 6.45) is 3.15. The fourth-order valence-corrected chi connectivity index (χ4v) is 6.03. The highest BCUT2D eigenvalue weighted by Crippen LogP contribution is 2.44. The summed E-state index contributed by atoms with van der Waals surface area (Å²) in [6.45, 7) is 8.94. The first kappa shape index (κ1) is 39.5. The molecule has 276 valence electrons. The minimum absolute atomic E-state index is 0.000399. The Bertz CT molecular complexity index is 1620. The van der Waals surface area contributed by atoms with Gasteiger partial charge in [-0.25, -0.2) is 9.59 Å². The van der Waals surface area contributed by atoms with E-state index in [0.29, 0.717) is 6.42 Å². The van der Waals surface area contributed by atoms with Crippen LogP contribution in [-0.2, 0) is 35.2 Å². The number of hydrogen-bond donors (Lipinski definition) is 4. The number of rotatable bonds is 21. The number of allylic oxidation sites excluding steroid dienone is 2. The van der Waals surface area contributed by atoms with Crippen LogP contribution in [0.4, 0.5) is 4.79 Å². The van der Waals surface area contributed by atoms with Gasteiger partial charge in [0.2, 0.25) is 11.8 Å². The minimum Gasteiger partial charge on any atom is -0.462 e. The SMILES string of the molecule is C=CCC[C@H](NC(=O)OCC1c2ccccc2-c2ccccc21)C(=O)OC[C@H](COCc1ccccc1)NC(=O)[C@H](CC=C)CC(=O)N[C@H](C)CO. The molecule has 0 aliphatic heterocycles. The third-order valence-corrected chi connectivity index (χ3v) is 8.72. The molecule has 0 radical (unpaired) electrons. The molecule has 0 fully saturated rings. The Hall–Kier alpha value is -5.26. The first-order chi connectivity index (χ1) is 25.2. The second-order valence-corrected chi connectivity index (χ2v) is 12.8. The number of amides is 3. The number of carbonyl (C=O) groups excluding carboxylic acids is 4. The second-order valence-electron chi connectivity index (χ2n) is 12.8. The summed E-state index contributed by atoms with van der Waals surface area (Å²) in [5, 5.41) is 17.5. The first-order valence-electron chi connectivity index (χ1n) is 17.6. The van der Waals surface area contributed by atoms with Crippen molar-refractivity contribution in [2.24, 2.45) is 5.92 Å². The highest BCUT2D eigenvalue weighted by Gasteiger charge is 2.31. The maximum Gasteiger partial charge on any atom is 0.407 e. The van der Waals surface area contributed by atoms with Gasteiger partial charge in [0.25, 0.3) is 0 Å². The van der Waals surface area contributed by atoms with Crippen molar-refractivity contribution in [3.05, 3.63) is 121 Å². The quantitative estimate of drug-likeness (QED) is 0.0872. The van der Waals surface area contributed by atoms with Crippen molar-refractivity contribution in [1.29, 1.82) is 0 Å². The summed E-state index contributed by atoms with van der Waals surface area (Å²) >= 11 is 0. The molecule has 52 heavy (non-hydrogen) atoms. The maximum absolute atomic E-state index is 13.4. The number of nitrogens with one attached hydrogen (secondary N) is 3. The summed E-state index contributed by atoms with van der Waals surface area (Å²) in [6, 6.07) is 23.2. The van der Waals surface area contributed by atoms with Crippen molar-refractivity contribution in [1.82, 2.24) is 16.0 Å². The number of fused-ring (bicyclic) bond motifs is 3. The van der Waals surface area contributed by atoms with E-state index in [1.54, 1.807) is 19.1 Å². The van der Waals surface area contributed by atoms with E-state index in [9.17, 15) is 24.3 Å². The summed E-state index contributed by atoms with van der Waals surface area (Å²) in [5.41, 5.74) is 5.25. The van der Waals surface area contributed by atoms with Crippen LogP contribution in [-0.4, -0.2) is 73.5 Å². The van der Waals surface area contributed by atoms with E-state index in [4.69, 9.17) is 14.2 Å². The fraction of sp³-hybridized carbons (Fsp3) is 0.366. The molecule has 0 bridgehead atoms. The van der Waals surface area contributed by atoms with Gasteiger partial charge < -0.3 is 35.3 Å². The molecule has 3 amide bonds. The molecule has 0 saturated carbocycles. The van der Waals surface area contributed by atoms with Crippen LogP contribution in [0.15, 0.2) is 104 Å². The Balaban J connectivity index is 1.38. The summed E-state index contributed by atoms with van der Waals surface area (Å²) in [7, 11) is 0. The number of aliphatic hydroxyl groups is 1. The number of aliphatic hydroxyl groups excluding tert-OH is 1. The van der Waals surface area contributed by atoms with E-state index < -0.39 is 47.9 Å². The molecule has 0 aromatic heterocycles. The molecular formula is C41H49N3O8. The van der Waals surface area contributed by atoms with Crippen LogP contribution in [0.3, 0.4) is 0 Å². The average molecular weight is 712 g/mol. The smallest absolute Gasteiger partial charge is 0.407 e. The monoisotopic (exact) mass is 711 g/mol. The number of hydrogen-bond acceptors (Lipinski definition) is 8. The predicted octanol–water partition coefficient (Wildman–Crippen LogP) is 5.18. The molecule has 11 nitrogen and oxygen atoms in total. The lowest BCUT2D eigenvalue weighted by Gasteiger charge is -2.24. The van der Waals surface area contributed by atoms with Crippen molar-refractivity contribution in [3.63, 3.8) is 0 Å². The van der Waals surface area contributed by atoms with E-state index >= 15 is 0 Å². The van der Waals surface area contributed by atoms with Gasteiger partial charge in [-0.05, 0) is 54.0 Å². The Kier molecular flexibility index (Phi) is 15.6. The zero-order chi connectivity index (χ0) is 37.3. The fourth-order valence-electron chi connectivity index (χ4n) is 6.03. The van der Waals surface area contributed by atoms with Crippen LogP contribution in [0.5, 0.6) is 0 Å². The maximum atomic E-state index is 13.4. The Morgan fingerprint density at radius 1 is 0.827 bits per heavy atom. The summed E-state index contributed by atoms with van der Waals surface area (Å²) in [5.74, 6) is -2.46. The summed E-state index contributed by atoms with van der Waals surface area (Å²) < 4.78 is 17.2. The molecule has 1 aliphatic rings. The molecule has 0 spiro atoms. The molecule has 11 heteroatoms. The number of esters is 1. The van der Waals surface area contributed by atoms with Crippen LogP contribution < -0.4 is 16.0 Å². The number of alkyl carbamates (subject to hydrolysis) is 1. The highest BCUT2D eigenvalue weighted by molar-refractivity contribution is 5.86. The number of benzene rings is 3. The lowest BCUT2D eigenvalue weighted by Crippen LogP contribution is -2.48. The van der Waals surface area contributed by atoms with Crippen molar-refractivity contribution >= 4 is 23.9 Å². The number of carbonyl (C=O) groups is 4. The van der Waals surface area contributed by atoms with Crippen LogP contribution in [0, 0.1) is 5.92 Å². The van der Waals surface area contributed by atoms with Gasteiger partial charge in [0.05, 0.1) is 31.8 Å². The van der Waals surface area contributed by atoms with Gasteiger partial charge in [-0.3, -0.25) is 9.59 Å². The minimum atomic E-state index is -1.04. The highest BCUT2D eigenvalue weighted by atomic mass is 16.6. The van der Waals surface area contributed by atoms with E-state index in [0.717, 1.165) is 27.8 Å². The molecule has 1 aliphatic carbocycles. The largest absolute Gasteiger partial charge is 0.462 e. The molecule has 3 aromatic rings. The van der Waals surface area contributed by atoms with Gasteiger partial charge in [0, 0.05) is 18.4 Å². The van der Waals surface area contributed by atoms with Gasteiger partial charge >= 0.3 is 12.1 Å². The number of ether oxygens (including phenoxy) is 3. The van der Waals surface area contributed by atoms with E-state index in [1.807, 2.05) is 78.9 Å². The van der Waals surface area contributed by atoms with Gasteiger partial charge in [-0.2, -0.15) is 0 Å². The van der Waals surface area contributed by atoms with Crippen molar-refractivity contribution < 1.29 is 38.5 Å². The average Bonchev–Trinajstić information content (AvgIpc) is 3.47. The topological polar surface area (TPSA) is 152 Å². The second kappa shape index (κ2) is 20.6. The van der Waals surface area contributed by atoms with Crippen LogP contribution in [0.1, 0.15) is 55.2 Å². The van der Waals surface area contributed by atoms with Crippen LogP contribution >= 0.6 is 0 Å². The van der Waals surface area contributed by atoms with E-state index in [2.05, 4.69) is 29.1 Å². The van der Waals surface area contributed by atoms with Gasteiger partial charge in [-0.1, -0.05) is 91.0 Å². The van der Waals surface area contributed by atoms with Crippen LogP contribution in [0.2, 0.25) is 0 Å². The predicted molar refractivity (Wildman–Crippen MR) is 198 cm³/mol. The Morgan fingerprint density at radius 2 is 1.48 bits per heavy atom. The molecular weight excluding hydrogens is 662 g/mol. The van der Waals surface area contributed by atoms with Crippen LogP contribution in [0.25, 0.3) is 11.1 Å². The van der Waals surface area contributed by atoms with Crippen molar-refractivity contribution in [2.45, 2.75) is 63.3 Å². The normalized spacial score (nSPS) is 14.0. The first-order valence-corrected chi connectivity index (χ1v) is 17.6. The lowest BCUT2D eigenvalue weighted by atomic mass is 9.98. The lowest BCUT2D eigenvalue weighted by molar-refractivity contribution is -0.148. The Morgan fingerprint density at radius 3 is 2.12 bits per heavy atom. The van der Waals surface area contributed by atoms with E-state index in [1.165, 1.54) is 0 Å². The van der Waals surface area contributed by atoms with Gasteiger partial charge in [-0.15, -0.1) is 13.2 Å². The third kappa shape index (κ3) is 11.6. The molecule has 3 aromatic carbocycles. The van der Waals surface area contributed by atoms with Crippen molar-refractivity contribution in [3.8, 4) is 11.1 Å². The standard InChI is InChI=1S/C41H49N3O8/c1-4-6-21-37(44-41(49)52-27-36-34-19-12-10-17-32(34)33-18-11-13-20-35(33)36)40(48)51-26-31(25-50-24-29-15-8-7-9-16-29)43-39(47)30(14-5-2)22-38(46)42-28(3)23-45/h4-5,7-13,15-20,28,30-31,36-37,45H,1-2,6,14,21-27H2,3H3,(H,42,46)(H,43,47)(H,44,49)/t28-,30-,31+,37+/m1/s1. The Labute approximate surface area is 305 Å². The van der Waals surface area contributed by atoms with Gasteiger partial charge in [0.15, 0.2) is 0 Å². The third-order valence-electron chi connectivity index (χ3n) is 8.72.